The fourth-order valence-electron chi connectivity index (χ4n) is 1.52. The van der Waals surface area contributed by atoms with Gasteiger partial charge in [-0.05, 0) is 12.3 Å². The normalized spacial score (nSPS) is 11.9. The van der Waals surface area contributed by atoms with Crippen molar-refractivity contribution in [3.05, 3.63) is 10.7 Å². The molecule has 0 bridgehead atoms. The minimum absolute atomic E-state index is 0.0794. The van der Waals surface area contributed by atoms with Gasteiger partial charge in [0.05, 0.1) is 0 Å². The molecule has 0 amide bonds. The second-order valence-electron chi connectivity index (χ2n) is 3.91. The van der Waals surface area contributed by atoms with Crippen LogP contribution >= 0.6 is 11.6 Å². The molecular formula is C12H17ClN4O. The molecule has 1 aromatic rings. The number of anilines is 2. The van der Waals surface area contributed by atoms with E-state index in [1.165, 1.54) is 0 Å². The second kappa shape index (κ2) is 7.04. The first-order valence-electron chi connectivity index (χ1n) is 5.76. The zero-order valence-electron chi connectivity index (χ0n) is 10.3. The third kappa shape index (κ3) is 3.76. The number of nitrogens with two attached hydrogens (primary N) is 1. The van der Waals surface area contributed by atoms with Gasteiger partial charge in [-0.1, -0.05) is 30.9 Å². The van der Waals surface area contributed by atoms with Crippen molar-refractivity contribution in [3.63, 3.8) is 0 Å². The fraction of sp³-hybridized carbons (Fsp3) is 0.500. The van der Waals surface area contributed by atoms with Crippen LogP contribution in [0.15, 0.2) is 0 Å². The lowest BCUT2D eigenvalue weighted by Gasteiger charge is -2.13. The number of aliphatic hydroxyl groups is 1. The lowest BCUT2D eigenvalue weighted by atomic mass is 10.0. The molecule has 6 heteroatoms. The number of aromatic nitrogens is 2. The molecule has 98 valence electrons. The lowest BCUT2D eigenvalue weighted by molar-refractivity contribution is 0.217. The minimum Gasteiger partial charge on any atom is -0.396 e. The highest BCUT2D eigenvalue weighted by molar-refractivity contribution is 6.31. The third-order valence-corrected chi connectivity index (χ3v) is 2.98. The van der Waals surface area contributed by atoms with Gasteiger partial charge in [0.25, 0.3) is 0 Å². The number of nitrogens with one attached hydrogen (secondary N) is 1. The smallest absolute Gasteiger partial charge is 0.223 e. The number of aliphatic hydroxyl groups excluding tert-OH is 1. The van der Waals surface area contributed by atoms with Crippen LogP contribution in [-0.4, -0.2) is 28.2 Å². The molecule has 0 aliphatic carbocycles. The first-order valence-corrected chi connectivity index (χ1v) is 6.14. The van der Waals surface area contributed by atoms with E-state index in [-0.39, 0.29) is 23.6 Å². The Morgan fingerprint density at radius 1 is 1.56 bits per heavy atom. The van der Waals surface area contributed by atoms with E-state index in [0.29, 0.717) is 17.9 Å². The van der Waals surface area contributed by atoms with Crippen molar-refractivity contribution in [2.24, 2.45) is 5.92 Å². The Morgan fingerprint density at radius 3 is 2.83 bits per heavy atom. The molecule has 1 unspecified atom stereocenters. The summed E-state index contributed by atoms with van der Waals surface area (Å²) in [4.78, 5) is 7.81. The zero-order chi connectivity index (χ0) is 13.5. The van der Waals surface area contributed by atoms with Gasteiger partial charge in [-0.15, -0.1) is 6.42 Å². The quantitative estimate of drug-likeness (QED) is 0.538. The topological polar surface area (TPSA) is 84.1 Å². The lowest BCUT2D eigenvalue weighted by Crippen LogP contribution is -2.14. The van der Waals surface area contributed by atoms with Crippen LogP contribution in [0.4, 0.5) is 11.8 Å². The van der Waals surface area contributed by atoms with Crippen molar-refractivity contribution >= 4 is 23.4 Å². The molecule has 1 aromatic heterocycles. The number of hydrogen-bond acceptors (Lipinski definition) is 5. The summed E-state index contributed by atoms with van der Waals surface area (Å²) < 4.78 is 0. The Morgan fingerprint density at radius 2 is 2.28 bits per heavy atom. The summed E-state index contributed by atoms with van der Waals surface area (Å²) in [5.74, 6) is 3.24. The van der Waals surface area contributed by atoms with Crippen LogP contribution in [0.1, 0.15) is 25.3 Å². The van der Waals surface area contributed by atoms with Gasteiger partial charge in [0.1, 0.15) is 11.4 Å². The molecule has 0 radical (unpaired) electrons. The highest BCUT2D eigenvalue weighted by Gasteiger charge is 2.10. The van der Waals surface area contributed by atoms with E-state index < -0.39 is 0 Å². The van der Waals surface area contributed by atoms with E-state index >= 15 is 0 Å². The summed E-state index contributed by atoms with van der Waals surface area (Å²) in [7, 11) is 0. The third-order valence-electron chi connectivity index (χ3n) is 2.71. The largest absolute Gasteiger partial charge is 0.396 e. The molecule has 0 aromatic carbocycles. The maximum atomic E-state index is 9.09. The molecule has 0 aliphatic rings. The molecule has 0 saturated heterocycles. The van der Waals surface area contributed by atoms with Crippen molar-refractivity contribution < 1.29 is 5.11 Å². The number of nitrogens with zero attached hydrogens (tertiary/aromatic N) is 2. The van der Waals surface area contributed by atoms with Gasteiger partial charge in [0.2, 0.25) is 5.95 Å². The maximum absolute atomic E-state index is 9.09. The highest BCUT2D eigenvalue weighted by Crippen LogP contribution is 2.21. The summed E-state index contributed by atoms with van der Waals surface area (Å²) in [6.45, 7) is 2.85. The molecule has 4 N–H and O–H groups in total. The number of rotatable bonds is 6. The summed E-state index contributed by atoms with van der Waals surface area (Å²) in [6.07, 6.45) is 7.09. The van der Waals surface area contributed by atoms with Crippen LogP contribution in [0, 0.1) is 18.3 Å². The van der Waals surface area contributed by atoms with Gasteiger partial charge in [-0.3, -0.25) is 0 Å². The average molecular weight is 269 g/mol. The molecule has 5 nitrogen and oxygen atoms in total. The van der Waals surface area contributed by atoms with Crippen LogP contribution in [-0.2, 0) is 0 Å². The van der Waals surface area contributed by atoms with Gasteiger partial charge >= 0.3 is 0 Å². The van der Waals surface area contributed by atoms with Crippen LogP contribution < -0.4 is 11.1 Å². The Labute approximate surface area is 112 Å². The molecule has 0 saturated carbocycles. The minimum atomic E-state index is 0.0794. The van der Waals surface area contributed by atoms with Gasteiger partial charge in [0, 0.05) is 13.2 Å². The number of halogens is 1. The fourth-order valence-corrected chi connectivity index (χ4v) is 1.76. The van der Waals surface area contributed by atoms with E-state index in [2.05, 4.69) is 21.2 Å². The van der Waals surface area contributed by atoms with Gasteiger partial charge < -0.3 is 16.2 Å². The van der Waals surface area contributed by atoms with E-state index in [0.717, 1.165) is 12.8 Å². The Hall–Kier alpha value is -1.51. The first kappa shape index (κ1) is 14.6. The monoisotopic (exact) mass is 268 g/mol. The molecule has 0 spiro atoms. The number of hydrogen-bond donors (Lipinski definition) is 3. The Kier molecular flexibility index (Phi) is 5.69. The standard InChI is InChI=1S/C12H17ClN4O/c1-3-8(7-18)5-6-15-11-9(4-2)10(13)16-12(14)17-11/h2,8,18H,3,5-7H2,1H3,(H3,14,15,16,17). The van der Waals surface area contributed by atoms with Crippen molar-refractivity contribution in [2.45, 2.75) is 19.8 Å². The van der Waals surface area contributed by atoms with Gasteiger partial charge in [-0.25, -0.2) is 0 Å². The van der Waals surface area contributed by atoms with Crippen LogP contribution in [0.3, 0.4) is 0 Å². The summed E-state index contributed by atoms with van der Waals surface area (Å²) in [6, 6.07) is 0. The first-order chi connectivity index (χ1) is 8.62. The van der Waals surface area contributed by atoms with Crippen molar-refractivity contribution in [3.8, 4) is 12.3 Å². The number of terminal acetylenes is 1. The van der Waals surface area contributed by atoms with Crippen molar-refractivity contribution in [1.82, 2.24) is 9.97 Å². The van der Waals surface area contributed by atoms with Crippen molar-refractivity contribution in [2.75, 3.05) is 24.2 Å². The van der Waals surface area contributed by atoms with E-state index in [1.807, 2.05) is 6.92 Å². The number of nitrogen functional groups attached to an aromatic ring is 1. The molecule has 0 fully saturated rings. The molecule has 1 atom stereocenters. The summed E-state index contributed by atoms with van der Waals surface area (Å²) >= 11 is 5.88. The Balaban J connectivity index is 2.70. The SMILES string of the molecule is C#Cc1c(Cl)nc(N)nc1NCCC(CC)CO. The molecular weight excluding hydrogens is 252 g/mol. The average Bonchev–Trinajstić information content (AvgIpc) is 2.34. The van der Waals surface area contributed by atoms with E-state index in [1.54, 1.807) is 0 Å². The Bertz CT molecular complexity index is 440. The predicted octanol–water partition coefficient (Wildman–Crippen LogP) is 1.51. The van der Waals surface area contributed by atoms with Gasteiger partial charge in [-0.2, -0.15) is 9.97 Å². The molecule has 0 aliphatic heterocycles. The second-order valence-corrected chi connectivity index (χ2v) is 4.27. The van der Waals surface area contributed by atoms with Crippen LogP contribution in [0.2, 0.25) is 5.15 Å². The van der Waals surface area contributed by atoms with E-state index in [4.69, 9.17) is 28.9 Å². The highest BCUT2D eigenvalue weighted by atomic mass is 35.5. The van der Waals surface area contributed by atoms with Crippen LogP contribution in [0.5, 0.6) is 0 Å². The zero-order valence-corrected chi connectivity index (χ0v) is 11.0. The molecule has 1 rings (SSSR count). The van der Waals surface area contributed by atoms with Gasteiger partial charge in [0.15, 0.2) is 5.15 Å². The van der Waals surface area contributed by atoms with E-state index in [9.17, 15) is 0 Å². The maximum Gasteiger partial charge on any atom is 0.223 e. The van der Waals surface area contributed by atoms with Crippen molar-refractivity contribution in [1.29, 1.82) is 0 Å². The van der Waals surface area contributed by atoms with Crippen LogP contribution in [0.25, 0.3) is 0 Å². The summed E-state index contributed by atoms with van der Waals surface area (Å²) in [5, 5.41) is 12.3. The molecule has 18 heavy (non-hydrogen) atoms. The molecule has 1 heterocycles. The predicted molar refractivity (Wildman–Crippen MR) is 73.4 cm³/mol. The summed E-state index contributed by atoms with van der Waals surface area (Å²) in [5.41, 5.74) is 5.92.